The Morgan fingerprint density at radius 2 is 1.93 bits per heavy atom. The van der Waals surface area contributed by atoms with Crippen molar-refractivity contribution >= 4 is 23.7 Å². The average Bonchev–Trinajstić information content (AvgIpc) is 3.07. The molecule has 1 amide bonds. The molecule has 1 N–H and O–H groups in total. The van der Waals surface area contributed by atoms with E-state index in [-0.39, 0.29) is 42.8 Å². The summed E-state index contributed by atoms with van der Waals surface area (Å²) in [7, 11) is 2.95. The number of anilines is 1. The second-order valence-corrected chi connectivity index (χ2v) is 6.32. The molecule has 0 saturated carbocycles. The molecule has 0 unspecified atom stereocenters. The van der Waals surface area contributed by atoms with Crippen molar-refractivity contribution in [3.8, 4) is 0 Å². The number of aryl methyl sites for hydroxylation is 1. The molecule has 2 aromatic rings. The summed E-state index contributed by atoms with van der Waals surface area (Å²) in [6.45, 7) is 2.79. The standard InChI is InChI=1S/C20H26N4O5/c1-4-29-20(27)16-12-21-23(2)19(16)22-17(25)14-24(11-10-18(26)28-3)13-15-8-6-5-7-9-15/h5-9,12H,4,10-11,13-14H2,1-3H3,(H,22,25). The molecule has 9 nitrogen and oxygen atoms in total. The van der Waals surface area contributed by atoms with Crippen molar-refractivity contribution in [1.82, 2.24) is 14.7 Å². The summed E-state index contributed by atoms with van der Waals surface area (Å²) in [5, 5.41) is 6.74. The number of ether oxygens (including phenoxy) is 2. The molecule has 0 aliphatic heterocycles. The minimum atomic E-state index is -0.553. The molecule has 1 aromatic heterocycles. The van der Waals surface area contributed by atoms with Gasteiger partial charge in [-0.3, -0.25) is 19.2 Å². The van der Waals surface area contributed by atoms with Gasteiger partial charge < -0.3 is 14.8 Å². The van der Waals surface area contributed by atoms with E-state index in [4.69, 9.17) is 9.47 Å². The predicted octanol–water partition coefficient (Wildman–Crippen LogP) is 1.60. The number of carbonyl (C=O) groups excluding carboxylic acids is 3. The average molecular weight is 402 g/mol. The minimum absolute atomic E-state index is 0.0271. The Morgan fingerprint density at radius 3 is 2.59 bits per heavy atom. The number of nitrogens with one attached hydrogen (secondary N) is 1. The van der Waals surface area contributed by atoms with Crippen molar-refractivity contribution in [2.75, 3.05) is 32.1 Å². The van der Waals surface area contributed by atoms with Crippen LogP contribution in [0.5, 0.6) is 0 Å². The van der Waals surface area contributed by atoms with E-state index in [1.165, 1.54) is 18.0 Å². The molecule has 156 valence electrons. The summed E-state index contributed by atoms with van der Waals surface area (Å²) in [5.74, 6) is -0.969. The third-order valence-corrected chi connectivity index (χ3v) is 4.17. The Morgan fingerprint density at radius 1 is 1.21 bits per heavy atom. The lowest BCUT2D eigenvalue weighted by Crippen LogP contribution is -2.35. The van der Waals surface area contributed by atoms with Gasteiger partial charge in [-0.15, -0.1) is 0 Å². The van der Waals surface area contributed by atoms with Gasteiger partial charge in [0.25, 0.3) is 0 Å². The number of nitrogens with zero attached hydrogens (tertiary/aromatic N) is 3. The molecule has 1 aromatic carbocycles. The van der Waals surface area contributed by atoms with Crippen molar-refractivity contribution in [2.45, 2.75) is 19.9 Å². The number of aromatic nitrogens is 2. The van der Waals surface area contributed by atoms with Crippen molar-refractivity contribution in [3.63, 3.8) is 0 Å². The summed E-state index contributed by atoms with van der Waals surface area (Å²) in [5.41, 5.74) is 1.20. The highest BCUT2D eigenvalue weighted by Gasteiger charge is 2.20. The van der Waals surface area contributed by atoms with Crippen LogP contribution in [0.25, 0.3) is 0 Å². The molecule has 0 spiro atoms. The van der Waals surface area contributed by atoms with Crippen LogP contribution in [0.3, 0.4) is 0 Å². The lowest BCUT2D eigenvalue weighted by molar-refractivity contribution is -0.141. The Bertz CT molecular complexity index is 835. The van der Waals surface area contributed by atoms with Crippen LogP contribution in [0.2, 0.25) is 0 Å². The summed E-state index contributed by atoms with van der Waals surface area (Å²) >= 11 is 0. The zero-order valence-electron chi connectivity index (χ0n) is 16.9. The molecule has 0 bridgehead atoms. The number of rotatable bonds is 10. The quantitative estimate of drug-likeness (QED) is 0.602. The largest absolute Gasteiger partial charge is 0.469 e. The van der Waals surface area contributed by atoms with Crippen LogP contribution in [0, 0.1) is 0 Å². The molecular formula is C20H26N4O5. The van der Waals surface area contributed by atoms with E-state index in [1.807, 2.05) is 35.2 Å². The Hall–Kier alpha value is -3.20. The Labute approximate surface area is 169 Å². The van der Waals surface area contributed by atoms with Crippen molar-refractivity contribution < 1.29 is 23.9 Å². The second kappa shape index (κ2) is 11.0. The van der Waals surface area contributed by atoms with Crippen LogP contribution >= 0.6 is 0 Å². The van der Waals surface area contributed by atoms with Crippen LogP contribution in [-0.2, 0) is 32.7 Å². The van der Waals surface area contributed by atoms with E-state index >= 15 is 0 Å². The van der Waals surface area contributed by atoms with E-state index in [0.29, 0.717) is 13.1 Å². The molecule has 0 saturated heterocycles. The number of carbonyl (C=O) groups is 3. The fourth-order valence-electron chi connectivity index (χ4n) is 2.73. The first kappa shape index (κ1) is 22.1. The fourth-order valence-corrected chi connectivity index (χ4v) is 2.73. The highest BCUT2D eigenvalue weighted by atomic mass is 16.5. The van der Waals surface area contributed by atoms with Gasteiger partial charge in [0.2, 0.25) is 5.91 Å². The zero-order chi connectivity index (χ0) is 21.2. The summed E-state index contributed by atoms with van der Waals surface area (Å²) in [4.78, 5) is 38.1. The van der Waals surface area contributed by atoms with Crippen LogP contribution in [0.4, 0.5) is 5.82 Å². The van der Waals surface area contributed by atoms with E-state index in [1.54, 1.807) is 14.0 Å². The molecule has 29 heavy (non-hydrogen) atoms. The molecule has 1 heterocycles. The van der Waals surface area contributed by atoms with Crippen molar-refractivity contribution in [1.29, 1.82) is 0 Å². The Kier molecular flexibility index (Phi) is 8.35. The number of benzene rings is 1. The maximum Gasteiger partial charge on any atom is 0.343 e. The lowest BCUT2D eigenvalue weighted by atomic mass is 10.2. The normalized spacial score (nSPS) is 10.6. The van der Waals surface area contributed by atoms with Gasteiger partial charge in [0.05, 0.1) is 32.9 Å². The third kappa shape index (κ3) is 6.72. The van der Waals surface area contributed by atoms with E-state index in [9.17, 15) is 14.4 Å². The van der Waals surface area contributed by atoms with Gasteiger partial charge >= 0.3 is 11.9 Å². The summed E-state index contributed by atoms with van der Waals surface area (Å²) in [6, 6.07) is 9.63. The molecule has 9 heteroatoms. The fraction of sp³-hybridized carbons (Fsp3) is 0.400. The maximum absolute atomic E-state index is 12.6. The number of hydrogen-bond acceptors (Lipinski definition) is 7. The maximum atomic E-state index is 12.6. The third-order valence-electron chi connectivity index (χ3n) is 4.17. The van der Waals surface area contributed by atoms with Crippen LogP contribution in [0.1, 0.15) is 29.3 Å². The van der Waals surface area contributed by atoms with E-state index in [2.05, 4.69) is 10.4 Å². The highest BCUT2D eigenvalue weighted by Crippen LogP contribution is 2.16. The van der Waals surface area contributed by atoms with Gasteiger partial charge in [-0.1, -0.05) is 30.3 Å². The van der Waals surface area contributed by atoms with E-state index in [0.717, 1.165) is 5.56 Å². The molecule has 0 fully saturated rings. The first-order valence-electron chi connectivity index (χ1n) is 9.26. The topological polar surface area (TPSA) is 103 Å². The molecular weight excluding hydrogens is 376 g/mol. The van der Waals surface area contributed by atoms with Gasteiger partial charge in [-0.05, 0) is 12.5 Å². The molecule has 0 aliphatic rings. The lowest BCUT2D eigenvalue weighted by Gasteiger charge is -2.21. The highest BCUT2D eigenvalue weighted by molar-refractivity contribution is 6.00. The van der Waals surface area contributed by atoms with Gasteiger partial charge in [0.15, 0.2) is 0 Å². The molecule has 0 aliphatic carbocycles. The molecule has 0 atom stereocenters. The van der Waals surface area contributed by atoms with Gasteiger partial charge in [0, 0.05) is 20.1 Å². The smallest absolute Gasteiger partial charge is 0.343 e. The monoisotopic (exact) mass is 402 g/mol. The van der Waals surface area contributed by atoms with Gasteiger partial charge in [0.1, 0.15) is 11.4 Å². The van der Waals surface area contributed by atoms with Crippen molar-refractivity contribution in [3.05, 3.63) is 47.7 Å². The number of methoxy groups -OCH3 is 1. The summed E-state index contributed by atoms with van der Waals surface area (Å²) in [6.07, 6.45) is 1.52. The predicted molar refractivity (Wildman–Crippen MR) is 106 cm³/mol. The van der Waals surface area contributed by atoms with Crippen molar-refractivity contribution in [2.24, 2.45) is 7.05 Å². The SMILES string of the molecule is CCOC(=O)c1cnn(C)c1NC(=O)CN(CCC(=O)OC)Cc1ccccc1. The number of hydrogen-bond donors (Lipinski definition) is 1. The second-order valence-electron chi connectivity index (χ2n) is 6.32. The Balaban J connectivity index is 2.08. The number of esters is 2. The summed E-state index contributed by atoms with van der Waals surface area (Å²) < 4.78 is 11.1. The van der Waals surface area contributed by atoms with Crippen LogP contribution in [0.15, 0.2) is 36.5 Å². The van der Waals surface area contributed by atoms with Gasteiger partial charge in [-0.2, -0.15) is 5.10 Å². The first-order valence-corrected chi connectivity index (χ1v) is 9.26. The first-order chi connectivity index (χ1) is 13.9. The number of amides is 1. The van der Waals surface area contributed by atoms with Gasteiger partial charge in [-0.25, -0.2) is 4.79 Å². The molecule has 2 rings (SSSR count). The van der Waals surface area contributed by atoms with Crippen LogP contribution in [-0.4, -0.2) is 59.3 Å². The van der Waals surface area contributed by atoms with Crippen LogP contribution < -0.4 is 5.32 Å². The van der Waals surface area contributed by atoms with E-state index < -0.39 is 5.97 Å². The zero-order valence-corrected chi connectivity index (χ0v) is 16.9. The molecule has 0 radical (unpaired) electrons. The minimum Gasteiger partial charge on any atom is -0.469 e.